The molecule has 3 aliphatic heterocycles. The average molecular weight is 1250 g/mol. The molecule has 3 amide bonds. The number of hydroxylamine groups is 1. The number of carbonyl (C=O) groups excluding carboxylic acids is 5. The number of aromatic nitrogens is 3. The Hall–Kier alpha value is -5.25. The van der Waals surface area contributed by atoms with Gasteiger partial charge in [-0.2, -0.15) is 0 Å². The van der Waals surface area contributed by atoms with Gasteiger partial charge in [-0.3, -0.25) is 24.4 Å². The second-order valence-corrected chi connectivity index (χ2v) is 28.3. The largest absolute Gasteiger partial charge is 0.481 e. The van der Waals surface area contributed by atoms with Crippen molar-refractivity contribution in [1.82, 2.24) is 39.2 Å². The van der Waals surface area contributed by atoms with Gasteiger partial charge in [0.1, 0.15) is 0 Å². The molecule has 18 rings (SSSR count). The second kappa shape index (κ2) is 28.9. The number of nitrogens with two attached hydrogens (primary N) is 1. The zero-order chi connectivity index (χ0) is 61.8. The van der Waals surface area contributed by atoms with Gasteiger partial charge in [0.2, 0.25) is 11.8 Å². The molecule has 6 heterocycles. The molecule has 3 aromatic heterocycles. The van der Waals surface area contributed by atoms with E-state index < -0.39 is 11.9 Å². The third-order valence-electron chi connectivity index (χ3n) is 22.5. The van der Waals surface area contributed by atoms with Crippen LogP contribution in [0.3, 0.4) is 0 Å². The number of carbonyl (C=O) groups is 6. The van der Waals surface area contributed by atoms with Gasteiger partial charge in [0, 0.05) is 81.5 Å². The Labute approximate surface area is 526 Å². The third-order valence-corrected chi connectivity index (χ3v) is 22.5. The van der Waals surface area contributed by atoms with Gasteiger partial charge in [0.05, 0.1) is 59.2 Å². The molecule has 0 atom stereocenters. The van der Waals surface area contributed by atoms with E-state index in [1.807, 2.05) is 47.8 Å². The molecule has 0 unspecified atom stereocenters. The summed E-state index contributed by atoms with van der Waals surface area (Å²) < 4.78 is 16.3. The fourth-order valence-corrected chi connectivity index (χ4v) is 19.8. The number of fused-ring (bicyclic) bond motifs is 3. The van der Waals surface area contributed by atoms with E-state index in [0.29, 0.717) is 67.9 Å². The van der Waals surface area contributed by atoms with Crippen molar-refractivity contribution in [3.05, 3.63) is 70.6 Å². The maximum absolute atomic E-state index is 13.5. The molecule has 488 valence electrons. The van der Waals surface area contributed by atoms with Crippen LogP contribution in [0.5, 0.6) is 0 Å². The predicted molar refractivity (Wildman–Crippen MR) is 333 cm³/mol. The molecule has 12 aliphatic carbocycles. The first-order valence-electron chi connectivity index (χ1n) is 33.3. The molecule has 7 N–H and O–H groups in total. The topological polar surface area (TPSA) is 256 Å². The SMILES string of the molecule is CCN(CC)CC.CCOC(=O)c1cc2n(c1)CCN(C(=O)C13CC4CC(CC(C4)C1)C3)C2.CCOC(=O)c1cc2n(c1)CCNC2.Cl.NO.O=C(NO)c1cc2n(c1)CCN(C(=O)C13CC4CC(CC(C4)C1)C3)C2.O=C(O)C12CC3CC(CC(C3)C1)C2. The van der Waals surface area contributed by atoms with Gasteiger partial charge >= 0.3 is 17.9 Å². The van der Waals surface area contributed by atoms with Gasteiger partial charge < -0.3 is 53.5 Å². The molecule has 12 saturated carbocycles. The number of rotatable bonds is 11. The lowest BCUT2D eigenvalue weighted by molar-refractivity contribution is -0.164. The van der Waals surface area contributed by atoms with Crippen molar-refractivity contribution in [1.29, 1.82) is 0 Å². The number of aliphatic carboxylic acids is 1. The molecule has 0 saturated heterocycles. The van der Waals surface area contributed by atoms with Crippen LogP contribution in [0.1, 0.15) is 198 Å². The predicted octanol–water partition coefficient (Wildman–Crippen LogP) is 9.55. The monoisotopic (exact) mass is 1240 g/mol. The normalized spacial score (nSPS) is 31.4. The summed E-state index contributed by atoms with van der Waals surface area (Å²) >= 11 is 0. The maximum atomic E-state index is 13.5. The highest BCUT2D eigenvalue weighted by molar-refractivity contribution is 5.93. The van der Waals surface area contributed by atoms with Crippen molar-refractivity contribution in [2.24, 2.45) is 75.4 Å². The van der Waals surface area contributed by atoms with Crippen molar-refractivity contribution >= 4 is 48.0 Å². The minimum atomic E-state index is -0.508. The third kappa shape index (κ3) is 14.4. The zero-order valence-corrected chi connectivity index (χ0v) is 53.9. The van der Waals surface area contributed by atoms with Gasteiger partial charge in [-0.05, 0) is 221 Å². The number of hydrogen-bond donors (Lipinski definition) is 6. The van der Waals surface area contributed by atoms with Gasteiger partial charge in [-0.1, -0.05) is 20.8 Å². The summed E-state index contributed by atoms with van der Waals surface area (Å²) in [6.45, 7) is 21.4. The van der Waals surface area contributed by atoms with Crippen molar-refractivity contribution in [2.45, 2.75) is 189 Å². The molecular formula is C67H102ClN9O11. The number of nitrogens with one attached hydrogen (secondary N) is 2. The van der Waals surface area contributed by atoms with Crippen LogP contribution in [0.25, 0.3) is 0 Å². The minimum Gasteiger partial charge on any atom is -0.481 e. The van der Waals surface area contributed by atoms with Crippen LogP contribution >= 0.6 is 12.4 Å². The number of carboxylic acids is 1. The van der Waals surface area contributed by atoms with Crippen molar-refractivity contribution < 1.29 is 53.8 Å². The maximum Gasteiger partial charge on any atom is 0.339 e. The highest BCUT2D eigenvalue weighted by Gasteiger charge is 2.58. The zero-order valence-electron chi connectivity index (χ0n) is 53.1. The average Bonchev–Trinajstić information content (AvgIpc) is 3.17. The lowest BCUT2D eigenvalue weighted by Gasteiger charge is -2.56. The van der Waals surface area contributed by atoms with Crippen LogP contribution in [0.15, 0.2) is 36.8 Å². The lowest BCUT2D eigenvalue weighted by atomic mass is 9.49. The molecular weight excluding hydrogens is 1140 g/mol. The van der Waals surface area contributed by atoms with Crippen LogP contribution in [0.4, 0.5) is 0 Å². The molecule has 0 aromatic carbocycles. The molecule has 0 radical (unpaired) electrons. The Kier molecular flexibility index (Phi) is 22.1. The van der Waals surface area contributed by atoms with Gasteiger partial charge in [-0.25, -0.2) is 21.0 Å². The number of hydrogen-bond acceptors (Lipinski definition) is 13. The number of ether oxygens (including phenoxy) is 2. The summed E-state index contributed by atoms with van der Waals surface area (Å²) in [4.78, 5) is 79.7. The standard InChI is InChI=1S/C21H28N2O3.C19H25N3O3.C11H16O2.C10H14N2O2.C6H15N.ClH.H3NO/c1-2-26-19(24)17-8-18-13-23(4-3-22(18)12-17)20(25)21-9-14-5-15(10-21)7-16(6-14)11-21;23-17(20-25)15-6-16-11-22(2-1-21(16)10-15)18(24)19-7-12-3-13(8-19)5-14(4-12)9-19;12-10(13)11-4-7-1-8(5-11)3-9(2-7)6-11;1-2-14-10(13)8-5-9-6-11-3-4-12(9)7-8;1-4-7(5-2)6-3;;1-2/h8,12,14-16H,2-7,9-11,13H2,1H3;6,10,12-14,25H,1-5,7-9,11H2,(H,20,23);7-9H,1-6H2,(H,12,13);5,7,11H,2-4,6H2,1H3;4-6H2,1-3H3;1H;2H,1H2. The number of carboxylic acid groups (broad SMARTS) is 1. The van der Waals surface area contributed by atoms with Crippen molar-refractivity contribution in [3.8, 4) is 0 Å². The quantitative estimate of drug-likeness (QED) is 0.0594. The van der Waals surface area contributed by atoms with Crippen LogP contribution in [-0.2, 0) is 63.1 Å². The summed E-state index contributed by atoms with van der Waals surface area (Å²) in [5.74, 6) is 9.66. The summed E-state index contributed by atoms with van der Waals surface area (Å²) in [6.07, 6.45) is 27.1. The highest BCUT2D eigenvalue weighted by atomic mass is 35.5. The van der Waals surface area contributed by atoms with E-state index in [1.54, 1.807) is 17.7 Å². The van der Waals surface area contributed by atoms with Crippen molar-refractivity contribution in [2.75, 3.05) is 52.5 Å². The van der Waals surface area contributed by atoms with E-state index >= 15 is 0 Å². The van der Waals surface area contributed by atoms with E-state index in [-0.39, 0.29) is 40.6 Å². The second-order valence-electron chi connectivity index (χ2n) is 28.3. The fraction of sp³-hybridized carbons (Fsp3) is 0.731. The molecule has 3 aromatic rings. The number of nitrogens with zero attached hydrogens (tertiary/aromatic N) is 6. The minimum absolute atomic E-state index is 0. The smallest absolute Gasteiger partial charge is 0.339 e. The summed E-state index contributed by atoms with van der Waals surface area (Å²) in [6, 6.07) is 5.58. The molecule has 0 spiro atoms. The van der Waals surface area contributed by atoms with E-state index in [9.17, 15) is 33.9 Å². The van der Waals surface area contributed by atoms with E-state index in [2.05, 4.69) is 50.9 Å². The Morgan fingerprint density at radius 1 is 0.523 bits per heavy atom. The van der Waals surface area contributed by atoms with E-state index in [0.717, 1.165) is 161 Å². The lowest BCUT2D eigenvalue weighted by Crippen LogP contribution is -2.55. The molecule has 15 aliphatic rings. The first-order chi connectivity index (χ1) is 42.0. The van der Waals surface area contributed by atoms with Crippen LogP contribution in [-0.4, -0.2) is 132 Å². The number of esters is 2. The van der Waals surface area contributed by atoms with E-state index in [1.165, 1.54) is 77.4 Å². The first-order valence-corrected chi connectivity index (χ1v) is 33.3. The number of halogens is 1. The van der Waals surface area contributed by atoms with Crippen LogP contribution in [0.2, 0.25) is 0 Å². The molecule has 88 heavy (non-hydrogen) atoms. The van der Waals surface area contributed by atoms with Crippen LogP contribution < -0.4 is 16.7 Å². The highest BCUT2D eigenvalue weighted by Crippen LogP contribution is 2.63. The van der Waals surface area contributed by atoms with Gasteiger partial charge in [0.25, 0.3) is 5.91 Å². The van der Waals surface area contributed by atoms with E-state index in [4.69, 9.17) is 19.9 Å². The Balaban J connectivity index is 0.000000138. The van der Waals surface area contributed by atoms with Crippen molar-refractivity contribution in [3.63, 3.8) is 0 Å². The van der Waals surface area contributed by atoms with Crippen LogP contribution in [0, 0.1) is 69.5 Å². The summed E-state index contributed by atoms with van der Waals surface area (Å²) in [7, 11) is 0. The summed E-state index contributed by atoms with van der Waals surface area (Å²) in [5, 5.41) is 27.8. The molecule has 12 bridgehead atoms. The Morgan fingerprint density at radius 2 is 0.852 bits per heavy atom. The van der Waals surface area contributed by atoms with Gasteiger partial charge in [-0.15, -0.1) is 12.4 Å². The Morgan fingerprint density at radius 3 is 1.17 bits per heavy atom. The molecule has 20 nitrogen and oxygen atoms in total. The molecule has 21 heteroatoms. The first kappa shape index (κ1) is 67.2. The Bertz CT molecular complexity index is 2790. The molecule has 12 fully saturated rings. The van der Waals surface area contributed by atoms with Gasteiger partial charge in [0.15, 0.2) is 0 Å². The fourth-order valence-electron chi connectivity index (χ4n) is 19.8. The number of amides is 3. The summed E-state index contributed by atoms with van der Waals surface area (Å²) in [5.41, 5.74) is 6.11.